The summed E-state index contributed by atoms with van der Waals surface area (Å²) >= 11 is 0. The minimum atomic E-state index is -0.102. The molecule has 1 N–H and O–H groups in total. The first kappa shape index (κ1) is 22.5. The highest BCUT2D eigenvalue weighted by Gasteiger charge is 2.30. The first-order valence-corrected chi connectivity index (χ1v) is 11.3. The summed E-state index contributed by atoms with van der Waals surface area (Å²) in [6.45, 7) is 6.09. The van der Waals surface area contributed by atoms with Crippen molar-refractivity contribution in [3.8, 4) is 0 Å². The third kappa shape index (κ3) is 5.01. The van der Waals surface area contributed by atoms with E-state index in [0.29, 0.717) is 18.7 Å². The number of amides is 2. The van der Waals surface area contributed by atoms with Gasteiger partial charge in [-0.2, -0.15) is 0 Å². The molecular weight excluding hydrogens is 404 g/mol. The molecule has 170 valence electrons. The molecule has 7 heteroatoms. The molecule has 0 saturated carbocycles. The van der Waals surface area contributed by atoms with Gasteiger partial charge in [0.15, 0.2) is 0 Å². The van der Waals surface area contributed by atoms with E-state index >= 15 is 0 Å². The Labute approximate surface area is 189 Å². The lowest BCUT2D eigenvalue weighted by Gasteiger charge is -2.40. The van der Waals surface area contributed by atoms with Crippen LogP contribution in [0.1, 0.15) is 37.9 Å². The zero-order chi connectivity index (χ0) is 22.5. The van der Waals surface area contributed by atoms with Crippen LogP contribution in [0, 0.1) is 0 Å². The lowest BCUT2D eigenvalue weighted by atomic mass is 9.99. The summed E-state index contributed by atoms with van der Waals surface area (Å²) in [6, 6.07) is 15.7. The van der Waals surface area contributed by atoms with Crippen LogP contribution in [-0.4, -0.2) is 86.5 Å². The summed E-state index contributed by atoms with van der Waals surface area (Å²) in [5.74, 6) is -0.0234. The fourth-order valence-corrected chi connectivity index (χ4v) is 4.49. The number of hydrogen-bond acceptors (Lipinski definition) is 5. The summed E-state index contributed by atoms with van der Waals surface area (Å²) < 4.78 is 5.46. The van der Waals surface area contributed by atoms with Crippen molar-refractivity contribution in [2.45, 2.75) is 12.6 Å². The number of piperazine rings is 1. The third-order valence-corrected chi connectivity index (χ3v) is 6.44. The molecule has 2 aromatic rings. The molecule has 4 rings (SSSR count). The van der Waals surface area contributed by atoms with Gasteiger partial charge in [-0.3, -0.25) is 19.4 Å². The maximum atomic E-state index is 13.6. The van der Waals surface area contributed by atoms with Crippen LogP contribution < -0.4 is 5.32 Å². The Morgan fingerprint density at radius 3 is 2.59 bits per heavy atom. The number of rotatable bonds is 5. The van der Waals surface area contributed by atoms with E-state index in [9.17, 15) is 9.59 Å². The van der Waals surface area contributed by atoms with E-state index in [1.54, 1.807) is 7.05 Å². The van der Waals surface area contributed by atoms with Crippen LogP contribution in [0.5, 0.6) is 0 Å². The monoisotopic (exact) mass is 436 g/mol. The van der Waals surface area contributed by atoms with Gasteiger partial charge in [-0.15, -0.1) is 0 Å². The number of morpholine rings is 1. The van der Waals surface area contributed by atoms with Crippen molar-refractivity contribution >= 4 is 11.8 Å². The highest BCUT2D eigenvalue weighted by molar-refractivity contribution is 5.96. The Hall–Kier alpha value is -2.74. The Morgan fingerprint density at radius 2 is 1.81 bits per heavy atom. The molecule has 0 unspecified atom stereocenters. The van der Waals surface area contributed by atoms with Gasteiger partial charge in [0.05, 0.1) is 19.3 Å². The van der Waals surface area contributed by atoms with Crippen LogP contribution in [0.25, 0.3) is 0 Å². The molecule has 2 aliphatic rings. The Balaban J connectivity index is 1.52. The minimum absolute atomic E-state index is 0.0451. The van der Waals surface area contributed by atoms with E-state index in [0.717, 1.165) is 56.1 Å². The summed E-state index contributed by atoms with van der Waals surface area (Å²) in [5, 5.41) is 2.68. The van der Waals surface area contributed by atoms with Gasteiger partial charge in [0.2, 0.25) is 0 Å². The van der Waals surface area contributed by atoms with Crippen LogP contribution >= 0.6 is 0 Å². The van der Waals surface area contributed by atoms with E-state index in [1.807, 2.05) is 47.4 Å². The molecule has 2 fully saturated rings. The van der Waals surface area contributed by atoms with Crippen molar-refractivity contribution in [3.63, 3.8) is 0 Å². The van der Waals surface area contributed by atoms with E-state index in [4.69, 9.17) is 4.74 Å². The largest absolute Gasteiger partial charge is 0.379 e. The average molecular weight is 437 g/mol. The van der Waals surface area contributed by atoms with Crippen LogP contribution in [0.15, 0.2) is 48.5 Å². The fraction of sp³-hybridized carbons (Fsp3) is 0.440. The molecule has 0 radical (unpaired) electrons. The number of carbonyl (C=O) groups is 2. The lowest BCUT2D eigenvalue weighted by molar-refractivity contribution is 0.0338. The molecule has 0 spiro atoms. The first-order valence-electron chi connectivity index (χ1n) is 11.3. The van der Waals surface area contributed by atoms with Crippen molar-refractivity contribution in [3.05, 3.63) is 70.8 Å². The normalized spacial score (nSPS) is 20.2. The minimum Gasteiger partial charge on any atom is -0.379 e. The Kier molecular flexibility index (Phi) is 7.19. The van der Waals surface area contributed by atoms with Gasteiger partial charge in [0.1, 0.15) is 0 Å². The number of nitrogens with zero attached hydrogens (tertiary/aromatic N) is 3. The zero-order valence-corrected chi connectivity index (χ0v) is 18.9. The molecule has 2 amide bonds. The number of nitrogens with one attached hydrogen (secondary N) is 1. The molecule has 0 aliphatic carbocycles. The average Bonchev–Trinajstić information content (AvgIpc) is 2.84. The second-order valence-electron chi connectivity index (χ2n) is 8.50. The number of likely N-dealkylation sites (N-methyl/N-ethyl adjacent to an activating group) is 1. The molecule has 2 heterocycles. The molecule has 0 bridgehead atoms. The van der Waals surface area contributed by atoms with Gasteiger partial charge >= 0.3 is 0 Å². The van der Waals surface area contributed by atoms with Crippen LogP contribution in [0.3, 0.4) is 0 Å². The Morgan fingerprint density at radius 1 is 1.03 bits per heavy atom. The standard InChI is InChI=1S/C25H32N4O3/c1-26-24(30)20-8-5-7-19(16-20)23-18-29(11-10-27(23)2)25(31)22-9-4-3-6-21(22)17-28-12-14-32-15-13-28/h3-9,16,23H,10-15,17-18H2,1-2H3,(H,26,30)/t23-/m0/s1. The lowest BCUT2D eigenvalue weighted by Crippen LogP contribution is -2.49. The van der Waals surface area contributed by atoms with E-state index in [2.05, 4.69) is 28.2 Å². The molecule has 32 heavy (non-hydrogen) atoms. The van der Waals surface area contributed by atoms with Gasteiger partial charge in [-0.25, -0.2) is 0 Å². The van der Waals surface area contributed by atoms with Gasteiger partial charge in [0.25, 0.3) is 11.8 Å². The van der Waals surface area contributed by atoms with E-state index < -0.39 is 0 Å². The van der Waals surface area contributed by atoms with Crippen molar-refractivity contribution in [2.24, 2.45) is 0 Å². The van der Waals surface area contributed by atoms with Crippen molar-refractivity contribution in [1.82, 2.24) is 20.0 Å². The number of carbonyl (C=O) groups excluding carboxylic acids is 2. The molecule has 0 aromatic heterocycles. The van der Waals surface area contributed by atoms with Gasteiger partial charge < -0.3 is 15.0 Å². The van der Waals surface area contributed by atoms with Gasteiger partial charge in [0, 0.05) is 57.4 Å². The molecule has 1 atom stereocenters. The number of ether oxygens (including phenoxy) is 1. The summed E-state index contributed by atoms with van der Waals surface area (Å²) in [6.07, 6.45) is 0. The molecule has 2 aliphatic heterocycles. The number of benzene rings is 2. The highest BCUT2D eigenvalue weighted by atomic mass is 16.5. The van der Waals surface area contributed by atoms with E-state index in [1.165, 1.54) is 0 Å². The summed E-state index contributed by atoms with van der Waals surface area (Å²) in [7, 11) is 3.71. The predicted molar refractivity (Wildman–Crippen MR) is 124 cm³/mol. The molecule has 2 aromatic carbocycles. The predicted octanol–water partition coefficient (Wildman–Crippen LogP) is 2.01. The first-order chi connectivity index (χ1) is 15.6. The second-order valence-corrected chi connectivity index (χ2v) is 8.50. The smallest absolute Gasteiger partial charge is 0.254 e. The van der Waals surface area contributed by atoms with Gasteiger partial charge in [-0.1, -0.05) is 30.3 Å². The number of hydrogen-bond donors (Lipinski definition) is 1. The van der Waals surface area contributed by atoms with Crippen LogP contribution in [-0.2, 0) is 11.3 Å². The zero-order valence-electron chi connectivity index (χ0n) is 18.9. The molecule has 2 saturated heterocycles. The molecular formula is C25H32N4O3. The molecule has 7 nitrogen and oxygen atoms in total. The quantitative estimate of drug-likeness (QED) is 0.777. The van der Waals surface area contributed by atoms with Crippen molar-refractivity contribution < 1.29 is 14.3 Å². The fourth-order valence-electron chi connectivity index (χ4n) is 4.49. The second kappa shape index (κ2) is 10.3. The van der Waals surface area contributed by atoms with Gasteiger partial charge in [-0.05, 0) is 36.4 Å². The maximum absolute atomic E-state index is 13.6. The van der Waals surface area contributed by atoms with Crippen LogP contribution in [0.2, 0.25) is 0 Å². The summed E-state index contributed by atoms with van der Waals surface area (Å²) in [5.41, 5.74) is 3.53. The summed E-state index contributed by atoms with van der Waals surface area (Å²) in [4.78, 5) is 32.2. The topological polar surface area (TPSA) is 65.1 Å². The maximum Gasteiger partial charge on any atom is 0.254 e. The third-order valence-electron chi connectivity index (χ3n) is 6.44. The SMILES string of the molecule is CNC(=O)c1cccc([C@@H]2CN(C(=O)c3ccccc3CN3CCOCC3)CCN2C)c1. The van der Waals surface area contributed by atoms with Crippen molar-refractivity contribution in [1.29, 1.82) is 0 Å². The Bertz CT molecular complexity index is 958. The van der Waals surface area contributed by atoms with Crippen LogP contribution in [0.4, 0.5) is 0 Å². The van der Waals surface area contributed by atoms with Crippen molar-refractivity contribution in [2.75, 3.05) is 60.0 Å². The van der Waals surface area contributed by atoms with E-state index in [-0.39, 0.29) is 17.9 Å². The highest BCUT2D eigenvalue weighted by Crippen LogP contribution is 2.26.